The molecular weight excluding hydrogens is 669 g/mol. The van der Waals surface area contributed by atoms with Gasteiger partial charge in [-0.25, -0.2) is 0 Å². The number of thiocarbonyl (C=S) groups is 2. The summed E-state index contributed by atoms with van der Waals surface area (Å²) < 4.78 is 5.69. The van der Waals surface area contributed by atoms with Crippen LogP contribution in [-0.4, -0.2) is 34.9 Å². The summed E-state index contributed by atoms with van der Waals surface area (Å²) in [5.74, 6) is 0.151. The third kappa shape index (κ3) is 13.7. The van der Waals surface area contributed by atoms with Gasteiger partial charge in [-0.2, -0.15) is 0 Å². The topological polar surface area (TPSA) is 74.4 Å². The van der Waals surface area contributed by atoms with Crippen molar-refractivity contribution in [2.75, 3.05) is 17.2 Å². The molecule has 0 aromatic heterocycles. The lowest BCUT2D eigenvalue weighted by molar-refractivity contribution is -0.165. The van der Waals surface area contributed by atoms with Crippen LogP contribution in [0.4, 0.5) is 11.4 Å². The second kappa shape index (κ2) is 22.4. The van der Waals surface area contributed by atoms with Crippen molar-refractivity contribution in [3.63, 3.8) is 0 Å². The van der Waals surface area contributed by atoms with Crippen molar-refractivity contribution in [3.05, 3.63) is 59.7 Å². The van der Waals surface area contributed by atoms with Crippen molar-refractivity contribution in [2.45, 2.75) is 161 Å². The molecule has 282 valence electrons. The normalized spacial score (nSPS) is 21.3. The number of hydrogen-bond donors (Lipinski definition) is 4. The number of rotatable bonds is 20. The average molecular weight is 735 g/mol. The zero-order valence-corrected chi connectivity index (χ0v) is 33.5. The summed E-state index contributed by atoms with van der Waals surface area (Å²) in [7, 11) is 0. The Labute approximate surface area is 320 Å². The van der Waals surface area contributed by atoms with Gasteiger partial charge < -0.3 is 26.0 Å². The van der Waals surface area contributed by atoms with E-state index < -0.39 is 5.41 Å². The van der Waals surface area contributed by atoms with E-state index in [-0.39, 0.29) is 24.0 Å². The number of carbonyl (C=O) groups is 1. The summed E-state index contributed by atoms with van der Waals surface area (Å²) in [5, 5.41) is 15.3. The molecule has 8 heteroatoms. The van der Waals surface area contributed by atoms with Crippen molar-refractivity contribution < 1.29 is 9.53 Å². The summed E-state index contributed by atoms with van der Waals surface area (Å²) in [5.41, 5.74) is 4.33. The highest BCUT2D eigenvalue weighted by Crippen LogP contribution is 2.51. The lowest BCUT2D eigenvalue weighted by atomic mass is 9.57. The molecule has 2 saturated carbocycles. The van der Waals surface area contributed by atoms with Gasteiger partial charge >= 0.3 is 5.97 Å². The minimum atomic E-state index is -0.436. The first-order valence-corrected chi connectivity index (χ1v) is 21.2. The van der Waals surface area contributed by atoms with Gasteiger partial charge in [-0.05, 0) is 137 Å². The second-order valence-electron chi connectivity index (χ2n) is 15.1. The van der Waals surface area contributed by atoms with Gasteiger partial charge in [0.25, 0.3) is 0 Å². The van der Waals surface area contributed by atoms with Crippen molar-refractivity contribution in [1.29, 1.82) is 0 Å². The molecule has 2 aromatic carbocycles. The summed E-state index contributed by atoms with van der Waals surface area (Å²) in [4.78, 5) is 13.5. The monoisotopic (exact) mass is 734 g/mol. The maximum atomic E-state index is 13.5. The quantitative estimate of drug-likeness (QED) is 0.0609. The number of carbonyl (C=O) groups excluding carboxylic acids is 1. The van der Waals surface area contributed by atoms with E-state index in [4.69, 9.17) is 29.2 Å². The standard InChI is InChI=1S/C43H66N4O2S2/c1-4-7-9-11-13-15-17-33-19-23-36(24-20-33)44-41(50)46-38-27-29-43(40(48)49-6-3)30-28-39(32-35(43)31-38)47-42(51)45-37-25-21-34(22-26-37)18-16-14-12-10-8-5-2/h19-26,35,38-39H,4-18,27-32H2,1-3H3,(H2,44,46,50)(H2,45,47,51)/t35?,38-,39+,43?. The number of fused-ring (bicyclic) bond motifs is 1. The molecule has 2 aliphatic carbocycles. The maximum Gasteiger partial charge on any atom is 0.312 e. The Morgan fingerprint density at radius 1 is 0.647 bits per heavy atom. The fourth-order valence-corrected chi connectivity index (χ4v) is 8.78. The Balaban J connectivity index is 1.24. The highest BCUT2D eigenvalue weighted by atomic mass is 32.1. The van der Waals surface area contributed by atoms with Gasteiger partial charge in [-0.3, -0.25) is 4.79 Å². The number of ether oxygens (including phenoxy) is 1. The number of hydrogen-bond acceptors (Lipinski definition) is 4. The molecule has 4 rings (SSSR count). The van der Waals surface area contributed by atoms with Crippen LogP contribution in [0.2, 0.25) is 0 Å². The predicted molar refractivity (Wildman–Crippen MR) is 224 cm³/mol. The fraction of sp³-hybridized carbons (Fsp3) is 0.651. The molecule has 2 fully saturated rings. The number of nitrogens with one attached hydrogen (secondary N) is 4. The van der Waals surface area contributed by atoms with E-state index in [0.717, 1.165) is 62.7 Å². The largest absolute Gasteiger partial charge is 0.466 e. The molecule has 2 aliphatic rings. The zero-order chi connectivity index (χ0) is 36.3. The molecule has 0 radical (unpaired) electrons. The molecule has 4 N–H and O–H groups in total. The van der Waals surface area contributed by atoms with Crippen LogP contribution in [0.15, 0.2) is 48.5 Å². The molecule has 0 aliphatic heterocycles. The summed E-state index contributed by atoms with van der Waals surface area (Å²) >= 11 is 11.6. The molecule has 2 aromatic rings. The lowest BCUT2D eigenvalue weighted by Gasteiger charge is -2.49. The van der Waals surface area contributed by atoms with E-state index in [9.17, 15) is 4.79 Å². The smallest absolute Gasteiger partial charge is 0.312 e. The Morgan fingerprint density at radius 2 is 1.06 bits per heavy atom. The first-order chi connectivity index (χ1) is 24.8. The van der Waals surface area contributed by atoms with Gasteiger partial charge in [0.1, 0.15) is 0 Å². The molecule has 0 bridgehead atoms. The van der Waals surface area contributed by atoms with Crippen LogP contribution in [-0.2, 0) is 22.4 Å². The number of anilines is 2. The Morgan fingerprint density at radius 3 is 1.47 bits per heavy atom. The van der Waals surface area contributed by atoms with Crippen LogP contribution in [0.1, 0.15) is 147 Å². The molecule has 4 atom stereocenters. The highest BCUT2D eigenvalue weighted by molar-refractivity contribution is 7.80. The average Bonchev–Trinajstić information content (AvgIpc) is 3.12. The first-order valence-electron chi connectivity index (χ1n) is 20.3. The van der Waals surface area contributed by atoms with Crippen LogP contribution >= 0.6 is 24.4 Å². The lowest BCUT2D eigenvalue weighted by Crippen LogP contribution is -2.55. The molecule has 51 heavy (non-hydrogen) atoms. The van der Waals surface area contributed by atoms with E-state index in [0.29, 0.717) is 16.8 Å². The Bertz CT molecular complexity index is 1240. The molecule has 6 nitrogen and oxygen atoms in total. The predicted octanol–water partition coefficient (Wildman–Crippen LogP) is 11.0. The molecular formula is C43H66N4O2S2. The molecule has 0 spiro atoms. The van der Waals surface area contributed by atoms with E-state index >= 15 is 0 Å². The molecule has 0 saturated heterocycles. The van der Waals surface area contributed by atoms with E-state index in [2.05, 4.69) is 83.6 Å². The van der Waals surface area contributed by atoms with Crippen molar-refractivity contribution in [3.8, 4) is 0 Å². The zero-order valence-electron chi connectivity index (χ0n) is 31.8. The van der Waals surface area contributed by atoms with Gasteiger partial charge in [-0.1, -0.05) is 102 Å². The van der Waals surface area contributed by atoms with Crippen LogP contribution < -0.4 is 21.3 Å². The molecule has 0 heterocycles. The SMILES string of the molecule is CCCCCCCCc1ccc(NC(=S)N[C@@H]2CCC3(C(=O)OCC)CC[C@H](NC(=S)Nc4ccc(CCCCCCCC)cc4)CC3C2)cc1. The van der Waals surface area contributed by atoms with Gasteiger partial charge in [0.05, 0.1) is 12.0 Å². The molecule has 0 amide bonds. The van der Waals surface area contributed by atoms with Gasteiger partial charge in [-0.15, -0.1) is 0 Å². The third-order valence-electron chi connectivity index (χ3n) is 11.2. The fourth-order valence-electron chi connectivity index (χ4n) is 8.21. The number of benzene rings is 2. The summed E-state index contributed by atoms with van der Waals surface area (Å²) in [6.45, 7) is 6.84. The minimum Gasteiger partial charge on any atom is -0.466 e. The Kier molecular flexibility index (Phi) is 18.0. The maximum absolute atomic E-state index is 13.5. The van der Waals surface area contributed by atoms with Gasteiger partial charge in [0.15, 0.2) is 10.2 Å². The Hall–Kier alpha value is -2.71. The number of esters is 1. The van der Waals surface area contributed by atoms with Crippen LogP contribution in [0.25, 0.3) is 0 Å². The van der Waals surface area contributed by atoms with Gasteiger partial charge in [0, 0.05) is 23.5 Å². The molecule has 2 unspecified atom stereocenters. The van der Waals surface area contributed by atoms with E-state index in [1.54, 1.807) is 0 Å². The van der Waals surface area contributed by atoms with Crippen LogP contribution in [0.5, 0.6) is 0 Å². The third-order valence-corrected chi connectivity index (χ3v) is 11.7. The summed E-state index contributed by atoms with van der Waals surface area (Å²) in [6, 6.07) is 17.8. The summed E-state index contributed by atoms with van der Waals surface area (Å²) in [6.07, 6.45) is 23.2. The van der Waals surface area contributed by atoms with Crippen LogP contribution in [0.3, 0.4) is 0 Å². The minimum absolute atomic E-state index is 0.0320. The van der Waals surface area contributed by atoms with E-state index in [1.807, 2.05) is 6.92 Å². The highest BCUT2D eigenvalue weighted by Gasteiger charge is 2.53. The van der Waals surface area contributed by atoms with Crippen molar-refractivity contribution >= 4 is 52.0 Å². The van der Waals surface area contributed by atoms with E-state index in [1.165, 1.54) is 88.2 Å². The second-order valence-corrected chi connectivity index (χ2v) is 16.0. The van der Waals surface area contributed by atoms with Crippen molar-refractivity contribution in [1.82, 2.24) is 10.6 Å². The van der Waals surface area contributed by atoms with Crippen LogP contribution in [0, 0.1) is 11.3 Å². The number of aryl methyl sites for hydroxylation is 2. The van der Waals surface area contributed by atoms with Crippen molar-refractivity contribution in [2.24, 2.45) is 11.3 Å². The van der Waals surface area contributed by atoms with Gasteiger partial charge in [0.2, 0.25) is 0 Å². The number of unbranched alkanes of at least 4 members (excludes halogenated alkanes) is 10. The first kappa shape index (κ1) is 41.1.